The SMILES string of the molecule is COC(=O)N1CCCN(C(=O)Cc2ccc(C(C)(C)C)cc2C)CC1. The zero-order valence-corrected chi connectivity index (χ0v) is 16.1. The smallest absolute Gasteiger partial charge is 0.409 e. The van der Waals surface area contributed by atoms with Crippen LogP contribution in [0.5, 0.6) is 0 Å². The van der Waals surface area contributed by atoms with Gasteiger partial charge >= 0.3 is 6.09 Å². The molecule has 0 bridgehead atoms. The maximum Gasteiger partial charge on any atom is 0.409 e. The molecule has 1 aromatic rings. The van der Waals surface area contributed by atoms with E-state index in [0.29, 0.717) is 32.6 Å². The molecule has 0 N–H and O–H groups in total. The molecule has 2 amide bonds. The van der Waals surface area contributed by atoms with Gasteiger partial charge in [0.1, 0.15) is 0 Å². The van der Waals surface area contributed by atoms with Crippen molar-refractivity contribution in [2.24, 2.45) is 0 Å². The Morgan fingerprint density at radius 1 is 1.08 bits per heavy atom. The number of methoxy groups -OCH3 is 1. The molecular formula is C20H30N2O3. The molecule has 138 valence electrons. The first-order valence-electron chi connectivity index (χ1n) is 8.93. The molecule has 0 spiro atoms. The summed E-state index contributed by atoms with van der Waals surface area (Å²) in [5, 5.41) is 0. The minimum Gasteiger partial charge on any atom is -0.453 e. The Hall–Kier alpha value is -2.04. The number of benzene rings is 1. The van der Waals surface area contributed by atoms with Crippen LogP contribution in [0, 0.1) is 6.92 Å². The molecule has 0 unspecified atom stereocenters. The zero-order chi connectivity index (χ0) is 18.6. The molecule has 0 aromatic heterocycles. The molecular weight excluding hydrogens is 316 g/mol. The Morgan fingerprint density at radius 2 is 1.72 bits per heavy atom. The number of aryl methyl sites for hydroxylation is 1. The summed E-state index contributed by atoms with van der Waals surface area (Å²) >= 11 is 0. The van der Waals surface area contributed by atoms with Gasteiger partial charge in [0.05, 0.1) is 13.5 Å². The third-order valence-corrected chi connectivity index (χ3v) is 4.83. The highest BCUT2D eigenvalue weighted by Gasteiger charge is 2.23. The summed E-state index contributed by atoms with van der Waals surface area (Å²) in [5.74, 6) is 0.123. The van der Waals surface area contributed by atoms with Crippen molar-refractivity contribution in [1.29, 1.82) is 0 Å². The minimum absolute atomic E-state index is 0.107. The number of nitrogens with zero attached hydrogens (tertiary/aromatic N) is 2. The van der Waals surface area contributed by atoms with Crippen molar-refractivity contribution in [3.05, 3.63) is 34.9 Å². The molecule has 1 heterocycles. The normalized spacial score (nSPS) is 15.7. The van der Waals surface area contributed by atoms with Gasteiger partial charge in [0.25, 0.3) is 0 Å². The molecule has 0 radical (unpaired) electrons. The van der Waals surface area contributed by atoms with Gasteiger partial charge in [-0.2, -0.15) is 0 Å². The fraction of sp³-hybridized carbons (Fsp3) is 0.600. The summed E-state index contributed by atoms with van der Waals surface area (Å²) in [6.07, 6.45) is 0.875. The predicted octanol–water partition coefficient (Wildman–Crippen LogP) is 3.14. The number of hydrogen-bond donors (Lipinski definition) is 0. The van der Waals surface area contributed by atoms with Crippen LogP contribution in [0.15, 0.2) is 18.2 Å². The maximum absolute atomic E-state index is 12.7. The molecule has 1 aromatic carbocycles. The summed E-state index contributed by atoms with van der Waals surface area (Å²) in [7, 11) is 1.39. The Morgan fingerprint density at radius 3 is 2.32 bits per heavy atom. The van der Waals surface area contributed by atoms with Crippen molar-refractivity contribution < 1.29 is 14.3 Å². The van der Waals surface area contributed by atoms with Crippen LogP contribution < -0.4 is 0 Å². The monoisotopic (exact) mass is 346 g/mol. The molecule has 2 rings (SSSR count). The number of hydrogen-bond acceptors (Lipinski definition) is 3. The van der Waals surface area contributed by atoms with Gasteiger partial charge in [-0.3, -0.25) is 4.79 Å². The van der Waals surface area contributed by atoms with Crippen LogP contribution in [0.2, 0.25) is 0 Å². The average Bonchev–Trinajstić information content (AvgIpc) is 2.81. The number of ether oxygens (including phenoxy) is 1. The van der Waals surface area contributed by atoms with Crippen LogP contribution >= 0.6 is 0 Å². The molecule has 1 fully saturated rings. The van der Waals surface area contributed by atoms with Crippen LogP contribution in [-0.4, -0.2) is 55.1 Å². The van der Waals surface area contributed by atoms with Gasteiger partial charge in [0, 0.05) is 26.2 Å². The lowest BCUT2D eigenvalue weighted by Crippen LogP contribution is -2.38. The van der Waals surface area contributed by atoms with E-state index in [2.05, 4.69) is 45.9 Å². The number of carbonyl (C=O) groups excluding carboxylic acids is 2. The van der Waals surface area contributed by atoms with Crippen LogP contribution in [0.1, 0.15) is 43.9 Å². The van der Waals surface area contributed by atoms with E-state index in [1.54, 1.807) is 4.90 Å². The van der Waals surface area contributed by atoms with Crippen molar-refractivity contribution in [3.8, 4) is 0 Å². The largest absolute Gasteiger partial charge is 0.453 e. The minimum atomic E-state index is -0.317. The average molecular weight is 346 g/mol. The lowest BCUT2D eigenvalue weighted by atomic mass is 9.85. The van der Waals surface area contributed by atoms with E-state index in [1.807, 2.05) is 4.90 Å². The first kappa shape index (κ1) is 19.3. The Bertz CT molecular complexity index is 634. The second-order valence-corrected chi connectivity index (χ2v) is 7.76. The first-order chi connectivity index (χ1) is 11.7. The second-order valence-electron chi connectivity index (χ2n) is 7.76. The van der Waals surface area contributed by atoms with Gasteiger partial charge in [-0.1, -0.05) is 39.0 Å². The van der Waals surface area contributed by atoms with Gasteiger partial charge in [-0.05, 0) is 35.4 Å². The van der Waals surface area contributed by atoms with E-state index >= 15 is 0 Å². The molecule has 0 saturated carbocycles. The quantitative estimate of drug-likeness (QED) is 0.827. The summed E-state index contributed by atoms with van der Waals surface area (Å²) in [6, 6.07) is 6.38. The molecule has 1 saturated heterocycles. The van der Waals surface area contributed by atoms with E-state index in [0.717, 1.165) is 17.5 Å². The van der Waals surface area contributed by atoms with Gasteiger partial charge in [0.2, 0.25) is 5.91 Å². The fourth-order valence-electron chi connectivity index (χ4n) is 3.11. The van der Waals surface area contributed by atoms with Crippen molar-refractivity contribution in [2.75, 3.05) is 33.3 Å². The van der Waals surface area contributed by atoms with Crippen molar-refractivity contribution in [2.45, 2.75) is 46.0 Å². The van der Waals surface area contributed by atoms with Gasteiger partial charge < -0.3 is 14.5 Å². The van der Waals surface area contributed by atoms with Crippen LogP contribution in [0.25, 0.3) is 0 Å². The first-order valence-corrected chi connectivity index (χ1v) is 8.93. The molecule has 5 nitrogen and oxygen atoms in total. The molecule has 5 heteroatoms. The summed E-state index contributed by atoms with van der Waals surface area (Å²) < 4.78 is 4.77. The zero-order valence-electron chi connectivity index (χ0n) is 16.1. The Labute approximate surface area is 150 Å². The highest BCUT2D eigenvalue weighted by molar-refractivity contribution is 5.79. The molecule has 1 aliphatic rings. The highest BCUT2D eigenvalue weighted by atomic mass is 16.5. The lowest BCUT2D eigenvalue weighted by molar-refractivity contribution is -0.130. The highest BCUT2D eigenvalue weighted by Crippen LogP contribution is 2.24. The number of rotatable bonds is 2. The molecule has 0 atom stereocenters. The van der Waals surface area contributed by atoms with Crippen LogP contribution in [-0.2, 0) is 21.4 Å². The van der Waals surface area contributed by atoms with E-state index in [-0.39, 0.29) is 17.4 Å². The Kier molecular flexibility index (Phi) is 6.09. The van der Waals surface area contributed by atoms with Crippen molar-refractivity contribution in [3.63, 3.8) is 0 Å². The number of carbonyl (C=O) groups is 2. The number of amides is 2. The lowest BCUT2D eigenvalue weighted by Gasteiger charge is -2.23. The van der Waals surface area contributed by atoms with Crippen molar-refractivity contribution >= 4 is 12.0 Å². The standard InChI is InChI=1S/C20H30N2O3/c1-15-13-17(20(2,3)4)8-7-16(15)14-18(23)21-9-6-10-22(12-11-21)19(24)25-5/h7-8,13H,6,9-12,14H2,1-5H3. The topological polar surface area (TPSA) is 49.9 Å². The van der Waals surface area contributed by atoms with E-state index < -0.39 is 0 Å². The van der Waals surface area contributed by atoms with Gasteiger partial charge in [0.15, 0.2) is 0 Å². The van der Waals surface area contributed by atoms with E-state index in [4.69, 9.17) is 4.74 Å². The maximum atomic E-state index is 12.7. The fourth-order valence-corrected chi connectivity index (χ4v) is 3.11. The summed E-state index contributed by atoms with van der Waals surface area (Å²) in [4.78, 5) is 27.9. The summed E-state index contributed by atoms with van der Waals surface area (Å²) in [5.41, 5.74) is 3.62. The van der Waals surface area contributed by atoms with E-state index in [9.17, 15) is 9.59 Å². The molecule has 25 heavy (non-hydrogen) atoms. The summed E-state index contributed by atoms with van der Waals surface area (Å²) in [6.45, 7) is 11.1. The van der Waals surface area contributed by atoms with Gasteiger partial charge in [-0.15, -0.1) is 0 Å². The Balaban J connectivity index is 2.01. The molecule has 1 aliphatic heterocycles. The van der Waals surface area contributed by atoms with E-state index in [1.165, 1.54) is 12.7 Å². The second kappa shape index (κ2) is 7.89. The van der Waals surface area contributed by atoms with Gasteiger partial charge in [-0.25, -0.2) is 4.79 Å². The van der Waals surface area contributed by atoms with Crippen LogP contribution in [0.4, 0.5) is 4.79 Å². The van der Waals surface area contributed by atoms with Crippen LogP contribution in [0.3, 0.4) is 0 Å². The predicted molar refractivity (Wildman–Crippen MR) is 98.8 cm³/mol. The molecule has 0 aliphatic carbocycles. The third-order valence-electron chi connectivity index (χ3n) is 4.83. The van der Waals surface area contributed by atoms with Crippen molar-refractivity contribution in [1.82, 2.24) is 9.80 Å². The third kappa shape index (κ3) is 4.97.